The van der Waals surface area contributed by atoms with Gasteiger partial charge in [-0.05, 0) is 69.7 Å². The van der Waals surface area contributed by atoms with Crippen LogP contribution in [0, 0.1) is 11.3 Å². The monoisotopic (exact) mass is 517 g/mol. The van der Waals surface area contributed by atoms with Crippen LogP contribution in [-0.4, -0.2) is 53.4 Å². The zero-order valence-electron chi connectivity index (χ0n) is 22.7. The molecular formula is C30H35N3O5. The maximum Gasteiger partial charge on any atom is 0.410 e. The van der Waals surface area contributed by atoms with E-state index in [0.717, 1.165) is 35.1 Å². The fourth-order valence-electron chi connectivity index (χ4n) is 4.92. The van der Waals surface area contributed by atoms with Crippen LogP contribution in [0.5, 0.6) is 5.75 Å². The molecule has 4 rings (SSSR count). The average molecular weight is 518 g/mol. The molecule has 8 nitrogen and oxygen atoms in total. The first-order chi connectivity index (χ1) is 18.1. The number of likely N-dealkylation sites (tertiary alicyclic amines) is 1. The molecule has 0 N–H and O–H groups in total. The highest BCUT2D eigenvalue weighted by atomic mass is 16.6. The van der Waals surface area contributed by atoms with Crippen molar-refractivity contribution in [2.24, 2.45) is 0 Å². The molecule has 2 heterocycles. The van der Waals surface area contributed by atoms with Crippen molar-refractivity contribution in [3.63, 3.8) is 0 Å². The molecule has 1 aromatic heterocycles. The normalized spacial score (nSPS) is 16.2. The average Bonchev–Trinajstić information content (AvgIpc) is 3.50. The predicted molar refractivity (Wildman–Crippen MR) is 144 cm³/mol. The Balaban J connectivity index is 1.48. The zero-order valence-corrected chi connectivity index (χ0v) is 22.7. The SMILES string of the molecule is CCn1c(CC(C(=O)OC)c2ccc(O[C@H]3CCN(C(=O)OC(C)(C)C)C3)cc2)cc2cc(C#N)ccc21. The van der Waals surface area contributed by atoms with Crippen LogP contribution >= 0.6 is 0 Å². The number of esters is 1. The largest absolute Gasteiger partial charge is 0.489 e. The van der Waals surface area contributed by atoms with E-state index in [4.69, 9.17) is 14.2 Å². The zero-order chi connectivity index (χ0) is 27.4. The minimum atomic E-state index is -0.535. The van der Waals surface area contributed by atoms with E-state index in [1.807, 2.05) is 69.3 Å². The first-order valence-corrected chi connectivity index (χ1v) is 13.0. The number of rotatable bonds is 7. The highest BCUT2D eigenvalue weighted by Crippen LogP contribution is 2.29. The van der Waals surface area contributed by atoms with Crippen molar-refractivity contribution in [3.8, 4) is 11.8 Å². The minimum Gasteiger partial charge on any atom is -0.489 e. The van der Waals surface area contributed by atoms with E-state index in [0.29, 0.717) is 30.8 Å². The van der Waals surface area contributed by atoms with E-state index < -0.39 is 11.5 Å². The number of hydrogen-bond donors (Lipinski definition) is 0. The summed E-state index contributed by atoms with van der Waals surface area (Å²) in [5, 5.41) is 10.2. The second-order valence-corrected chi connectivity index (χ2v) is 10.6. The maximum absolute atomic E-state index is 12.8. The summed E-state index contributed by atoms with van der Waals surface area (Å²) < 4.78 is 18.9. The van der Waals surface area contributed by atoms with Gasteiger partial charge in [0.2, 0.25) is 0 Å². The van der Waals surface area contributed by atoms with Crippen molar-refractivity contribution >= 4 is 23.0 Å². The third-order valence-corrected chi connectivity index (χ3v) is 6.71. The fourth-order valence-corrected chi connectivity index (χ4v) is 4.92. The molecule has 0 bridgehead atoms. The number of nitriles is 1. The number of hydrogen-bond acceptors (Lipinski definition) is 6. The Bertz CT molecular complexity index is 1350. The van der Waals surface area contributed by atoms with Crippen LogP contribution in [0.4, 0.5) is 4.79 Å². The van der Waals surface area contributed by atoms with Crippen molar-refractivity contribution in [1.29, 1.82) is 5.26 Å². The quantitative estimate of drug-likeness (QED) is 0.389. The standard InChI is InChI=1S/C30H35N3O5/c1-6-33-23(16-22-15-20(18-31)7-12-27(22)33)17-26(28(34)36-5)21-8-10-24(11-9-21)37-25-13-14-32(19-25)29(35)38-30(2,3)4/h7-12,15-16,25-26H,6,13-14,17,19H2,1-5H3/t25-,26?/m0/s1. The van der Waals surface area contributed by atoms with Crippen molar-refractivity contribution in [1.82, 2.24) is 9.47 Å². The summed E-state index contributed by atoms with van der Waals surface area (Å²) >= 11 is 0. The lowest BCUT2D eigenvalue weighted by molar-refractivity contribution is -0.142. The van der Waals surface area contributed by atoms with Gasteiger partial charge >= 0.3 is 12.1 Å². The molecule has 0 saturated carbocycles. The number of carbonyl (C=O) groups is 2. The first kappa shape index (κ1) is 27.1. The van der Waals surface area contributed by atoms with Crippen molar-refractivity contribution < 1.29 is 23.8 Å². The van der Waals surface area contributed by atoms with Crippen molar-refractivity contribution in [3.05, 3.63) is 65.4 Å². The second kappa shape index (κ2) is 11.2. The highest BCUT2D eigenvalue weighted by Gasteiger charge is 2.31. The molecule has 3 aromatic rings. The number of ether oxygens (including phenoxy) is 3. The van der Waals surface area contributed by atoms with Crippen LogP contribution in [0.25, 0.3) is 10.9 Å². The Morgan fingerprint density at radius 2 is 1.87 bits per heavy atom. The molecule has 1 aliphatic heterocycles. The fraction of sp³-hybridized carbons (Fsp3) is 0.433. The van der Waals surface area contributed by atoms with Gasteiger partial charge in [-0.15, -0.1) is 0 Å². The van der Waals surface area contributed by atoms with E-state index in [2.05, 4.69) is 17.6 Å². The van der Waals surface area contributed by atoms with E-state index in [-0.39, 0.29) is 18.2 Å². The molecule has 2 aromatic carbocycles. The van der Waals surface area contributed by atoms with E-state index in [9.17, 15) is 14.9 Å². The number of amides is 1. The van der Waals surface area contributed by atoms with Crippen molar-refractivity contribution in [2.45, 2.75) is 64.7 Å². The lowest BCUT2D eigenvalue weighted by Gasteiger charge is -2.24. The number of aromatic nitrogens is 1. The lowest BCUT2D eigenvalue weighted by atomic mass is 9.94. The summed E-state index contributed by atoms with van der Waals surface area (Å²) in [4.78, 5) is 26.9. The Kier molecular flexibility index (Phi) is 7.96. The molecule has 1 amide bonds. The maximum atomic E-state index is 12.8. The minimum absolute atomic E-state index is 0.122. The Morgan fingerprint density at radius 3 is 2.50 bits per heavy atom. The molecule has 38 heavy (non-hydrogen) atoms. The summed E-state index contributed by atoms with van der Waals surface area (Å²) in [7, 11) is 1.40. The van der Waals surface area contributed by atoms with Crippen LogP contribution < -0.4 is 4.74 Å². The van der Waals surface area contributed by atoms with Gasteiger partial charge in [0.05, 0.1) is 31.2 Å². The predicted octanol–water partition coefficient (Wildman–Crippen LogP) is 5.42. The third-order valence-electron chi connectivity index (χ3n) is 6.71. The van der Waals surface area contributed by atoms with Gasteiger partial charge in [0, 0.05) is 42.5 Å². The number of nitrogens with zero attached hydrogens (tertiary/aromatic N) is 3. The number of carbonyl (C=O) groups excluding carboxylic acids is 2. The smallest absolute Gasteiger partial charge is 0.410 e. The highest BCUT2D eigenvalue weighted by molar-refractivity contribution is 5.84. The molecule has 200 valence electrons. The topological polar surface area (TPSA) is 93.8 Å². The molecule has 0 radical (unpaired) electrons. The lowest BCUT2D eigenvalue weighted by Crippen LogP contribution is -2.36. The van der Waals surface area contributed by atoms with Crippen LogP contribution in [-0.2, 0) is 27.2 Å². The van der Waals surface area contributed by atoms with Gasteiger partial charge in [0.15, 0.2) is 0 Å². The van der Waals surface area contributed by atoms with Crippen molar-refractivity contribution in [2.75, 3.05) is 20.2 Å². The molecule has 0 spiro atoms. The molecule has 1 saturated heterocycles. The number of aryl methyl sites for hydroxylation is 1. The summed E-state index contributed by atoms with van der Waals surface area (Å²) in [5.41, 5.74) is 2.94. The van der Waals surface area contributed by atoms with Crippen LogP contribution in [0.15, 0.2) is 48.5 Å². The van der Waals surface area contributed by atoms with Crippen LogP contribution in [0.2, 0.25) is 0 Å². The van der Waals surface area contributed by atoms with Gasteiger partial charge in [0.1, 0.15) is 17.5 Å². The molecular weight excluding hydrogens is 482 g/mol. The van der Waals surface area contributed by atoms with Crippen LogP contribution in [0.1, 0.15) is 56.9 Å². The number of benzene rings is 2. The Morgan fingerprint density at radius 1 is 1.13 bits per heavy atom. The summed E-state index contributed by atoms with van der Waals surface area (Å²) in [5.74, 6) is -0.124. The second-order valence-electron chi connectivity index (χ2n) is 10.6. The molecule has 1 fully saturated rings. The van der Waals surface area contributed by atoms with E-state index >= 15 is 0 Å². The van der Waals surface area contributed by atoms with Gasteiger partial charge in [-0.3, -0.25) is 4.79 Å². The molecule has 8 heteroatoms. The van der Waals surface area contributed by atoms with Crippen LogP contribution in [0.3, 0.4) is 0 Å². The van der Waals surface area contributed by atoms with E-state index in [1.54, 1.807) is 4.90 Å². The van der Waals surface area contributed by atoms with Gasteiger partial charge < -0.3 is 23.7 Å². The molecule has 1 unspecified atom stereocenters. The Labute approximate surface area is 223 Å². The van der Waals surface area contributed by atoms with Gasteiger partial charge in [-0.25, -0.2) is 4.79 Å². The number of methoxy groups -OCH3 is 1. The summed E-state index contributed by atoms with van der Waals surface area (Å²) in [6.45, 7) is 9.42. The first-order valence-electron chi connectivity index (χ1n) is 13.0. The van der Waals surface area contributed by atoms with Gasteiger partial charge in [0.25, 0.3) is 0 Å². The van der Waals surface area contributed by atoms with Gasteiger partial charge in [-0.2, -0.15) is 5.26 Å². The molecule has 1 aliphatic rings. The summed E-state index contributed by atoms with van der Waals surface area (Å²) in [6, 6.07) is 17.4. The molecule has 0 aliphatic carbocycles. The van der Waals surface area contributed by atoms with Gasteiger partial charge in [-0.1, -0.05) is 12.1 Å². The third kappa shape index (κ3) is 6.10. The van der Waals surface area contributed by atoms with E-state index in [1.165, 1.54) is 7.11 Å². The molecule has 2 atom stereocenters. The summed E-state index contributed by atoms with van der Waals surface area (Å²) in [6.07, 6.45) is 0.738. The number of fused-ring (bicyclic) bond motifs is 1. The Hall–Kier alpha value is -3.99.